The summed E-state index contributed by atoms with van der Waals surface area (Å²) in [6.45, 7) is 2.42. The van der Waals surface area contributed by atoms with Crippen LogP contribution in [0.2, 0.25) is 0 Å². The van der Waals surface area contributed by atoms with Gasteiger partial charge < -0.3 is 16.4 Å². The van der Waals surface area contributed by atoms with Crippen molar-refractivity contribution in [1.29, 1.82) is 0 Å². The Hall–Kier alpha value is -1.37. The molecule has 0 bridgehead atoms. The number of nitrogens with two attached hydrogens (primary N) is 1. The number of nitrogens with zero attached hydrogens (tertiary/aromatic N) is 1. The Morgan fingerprint density at radius 2 is 2.05 bits per heavy atom. The van der Waals surface area contributed by atoms with Crippen LogP contribution in [0.1, 0.15) is 36.7 Å². The van der Waals surface area contributed by atoms with E-state index in [1.807, 2.05) is 0 Å². The predicted molar refractivity (Wildman–Crippen MR) is 91.6 cm³/mol. The molecule has 1 heterocycles. The molecule has 0 spiro atoms. The lowest BCUT2D eigenvalue weighted by atomic mass is 10.1. The van der Waals surface area contributed by atoms with Gasteiger partial charge in [-0.2, -0.15) is 0 Å². The zero-order chi connectivity index (χ0) is 14.8. The van der Waals surface area contributed by atoms with Crippen molar-refractivity contribution >= 4 is 36.6 Å². The molecule has 126 valence electrons. The number of amides is 2. The van der Waals surface area contributed by atoms with Crippen LogP contribution in [0.25, 0.3) is 0 Å². The van der Waals surface area contributed by atoms with Crippen molar-refractivity contribution in [2.75, 3.05) is 13.1 Å². The average molecular weight is 351 g/mol. The van der Waals surface area contributed by atoms with E-state index in [9.17, 15) is 9.59 Å². The number of hydrogen-bond acceptors (Lipinski definition) is 4. The Morgan fingerprint density at radius 1 is 1.32 bits per heavy atom. The van der Waals surface area contributed by atoms with E-state index in [-0.39, 0.29) is 49.2 Å². The molecule has 22 heavy (non-hydrogen) atoms. The van der Waals surface area contributed by atoms with Crippen molar-refractivity contribution in [3.05, 3.63) is 30.1 Å². The van der Waals surface area contributed by atoms with Gasteiger partial charge in [0.15, 0.2) is 0 Å². The summed E-state index contributed by atoms with van der Waals surface area (Å²) in [5.74, 6) is -0.598. The third-order valence-corrected chi connectivity index (χ3v) is 2.86. The molecule has 6 nitrogen and oxygen atoms in total. The quantitative estimate of drug-likeness (QED) is 0.657. The first-order chi connectivity index (χ1) is 9.67. The van der Waals surface area contributed by atoms with Gasteiger partial charge in [0.25, 0.3) is 5.91 Å². The Bertz CT molecular complexity index is 432. The molecule has 4 N–H and O–H groups in total. The highest BCUT2D eigenvalue weighted by atomic mass is 35.5. The number of carbonyl (C=O) groups excluding carboxylic acids is 2. The van der Waals surface area contributed by atoms with Crippen LogP contribution >= 0.6 is 24.8 Å². The highest BCUT2D eigenvalue weighted by Crippen LogP contribution is 1.99. The van der Waals surface area contributed by atoms with Gasteiger partial charge in [0.1, 0.15) is 5.69 Å². The third-order valence-electron chi connectivity index (χ3n) is 2.86. The van der Waals surface area contributed by atoms with E-state index in [4.69, 9.17) is 5.73 Å². The number of pyridine rings is 1. The van der Waals surface area contributed by atoms with E-state index in [1.165, 1.54) is 6.20 Å². The minimum atomic E-state index is -0.362. The van der Waals surface area contributed by atoms with Crippen LogP contribution in [0, 0.1) is 0 Å². The van der Waals surface area contributed by atoms with E-state index < -0.39 is 0 Å². The maximum Gasteiger partial charge on any atom is 0.270 e. The maximum atomic E-state index is 11.7. The Kier molecular flexibility index (Phi) is 13.9. The molecule has 0 radical (unpaired) electrons. The number of carbonyl (C=O) groups is 2. The standard InChI is InChI=1S/C14H22N4O2.2ClH/c1-2-3-6-11(9-15)18-13(19)10-17-14(20)12-7-4-5-8-16-12;;/h4-5,7-8,11H,2-3,6,9-10,15H2,1H3,(H,17,20)(H,18,19);2*1H. The van der Waals surface area contributed by atoms with Crippen LogP contribution in [0.5, 0.6) is 0 Å². The van der Waals surface area contributed by atoms with E-state index >= 15 is 0 Å². The SMILES string of the molecule is CCCCC(CN)NC(=O)CNC(=O)c1ccccn1.Cl.Cl. The molecular weight excluding hydrogens is 327 g/mol. The van der Waals surface area contributed by atoms with Crippen LogP contribution in [0.15, 0.2) is 24.4 Å². The second-order valence-corrected chi connectivity index (χ2v) is 4.54. The molecule has 1 unspecified atom stereocenters. The van der Waals surface area contributed by atoms with Gasteiger partial charge in [0, 0.05) is 18.8 Å². The molecule has 0 aliphatic carbocycles. The second kappa shape index (κ2) is 13.3. The fourth-order valence-electron chi connectivity index (χ4n) is 1.73. The fourth-order valence-corrected chi connectivity index (χ4v) is 1.73. The third kappa shape index (κ3) is 8.81. The summed E-state index contributed by atoms with van der Waals surface area (Å²) in [4.78, 5) is 27.3. The molecule has 1 aromatic rings. The zero-order valence-electron chi connectivity index (χ0n) is 12.6. The normalized spacial score (nSPS) is 10.6. The fraction of sp³-hybridized carbons (Fsp3) is 0.500. The monoisotopic (exact) mass is 350 g/mol. The summed E-state index contributed by atoms with van der Waals surface area (Å²) < 4.78 is 0. The summed E-state index contributed by atoms with van der Waals surface area (Å²) in [5, 5.41) is 5.34. The van der Waals surface area contributed by atoms with Crippen molar-refractivity contribution < 1.29 is 9.59 Å². The molecule has 0 aliphatic rings. The number of halogens is 2. The molecule has 8 heteroatoms. The summed E-state index contributed by atoms with van der Waals surface area (Å²) in [7, 11) is 0. The van der Waals surface area contributed by atoms with Crippen molar-refractivity contribution in [3.8, 4) is 0 Å². The Labute approximate surface area is 143 Å². The number of unbranched alkanes of at least 4 members (excludes halogenated alkanes) is 1. The van der Waals surface area contributed by atoms with Crippen LogP contribution in [-0.2, 0) is 4.79 Å². The summed E-state index contributed by atoms with van der Waals surface area (Å²) in [6.07, 6.45) is 4.46. The van der Waals surface area contributed by atoms with Crippen LogP contribution < -0.4 is 16.4 Å². The van der Waals surface area contributed by atoms with E-state index in [1.54, 1.807) is 18.2 Å². The second-order valence-electron chi connectivity index (χ2n) is 4.54. The summed E-state index contributed by atoms with van der Waals surface area (Å²) in [5.41, 5.74) is 5.89. The molecule has 1 aromatic heterocycles. The van der Waals surface area contributed by atoms with Gasteiger partial charge in [0.05, 0.1) is 6.54 Å². The van der Waals surface area contributed by atoms with Gasteiger partial charge in [-0.1, -0.05) is 25.8 Å². The first kappa shape index (κ1) is 22.9. The van der Waals surface area contributed by atoms with Gasteiger partial charge in [-0.15, -0.1) is 24.8 Å². The molecule has 0 saturated heterocycles. The van der Waals surface area contributed by atoms with Crippen molar-refractivity contribution in [2.24, 2.45) is 5.73 Å². The molecule has 2 amide bonds. The highest BCUT2D eigenvalue weighted by Gasteiger charge is 2.12. The van der Waals surface area contributed by atoms with Gasteiger partial charge in [0.2, 0.25) is 5.91 Å². The lowest BCUT2D eigenvalue weighted by molar-refractivity contribution is -0.120. The Morgan fingerprint density at radius 3 is 2.59 bits per heavy atom. The maximum absolute atomic E-state index is 11.7. The van der Waals surface area contributed by atoms with Gasteiger partial charge in [-0.3, -0.25) is 14.6 Å². The van der Waals surface area contributed by atoms with Crippen molar-refractivity contribution in [3.63, 3.8) is 0 Å². The molecule has 0 aliphatic heterocycles. The first-order valence-electron chi connectivity index (χ1n) is 6.86. The van der Waals surface area contributed by atoms with Crippen LogP contribution in [-0.4, -0.2) is 35.9 Å². The molecule has 0 fully saturated rings. The number of hydrogen-bond donors (Lipinski definition) is 3. The van der Waals surface area contributed by atoms with Gasteiger partial charge in [-0.05, 0) is 18.6 Å². The predicted octanol–water partition coefficient (Wildman–Crippen LogP) is 1.29. The van der Waals surface area contributed by atoms with Crippen molar-refractivity contribution in [2.45, 2.75) is 32.2 Å². The molecule has 0 aromatic carbocycles. The van der Waals surface area contributed by atoms with Gasteiger partial charge in [-0.25, -0.2) is 0 Å². The van der Waals surface area contributed by atoms with Crippen molar-refractivity contribution in [1.82, 2.24) is 15.6 Å². The smallest absolute Gasteiger partial charge is 0.270 e. The molecule has 1 atom stereocenters. The number of aromatic nitrogens is 1. The minimum absolute atomic E-state index is 0. The Balaban J connectivity index is 0. The minimum Gasteiger partial charge on any atom is -0.351 e. The first-order valence-corrected chi connectivity index (χ1v) is 6.86. The lowest BCUT2D eigenvalue weighted by Crippen LogP contribution is -2.45. The summed E-state index contributed by atoms with van der Waals surface area (Å²) in [6, 6.07) is 5.01. The molecule has 0 saturated carbocycles. The van der Waals surface area contributed by atoms with E-state index in [2.05, 4.69) is 22.5 Å². The van der Waals surface area contributed by atoms with E-state index in [0.29, 0.717) is 12.2 Å². The largest absolute Gasteiger partial charge is 0.351 e. The molecular formula is C14H24Cl2N4O2. The highest BCUT2D eigenvalue weighted by molar-refractivity contribution is 5.94. The topological polar surface area (TPSA) is 97.1 Å². The van der Waals surface area contributed by atoms with Crippen LogP contribution in [0.3, 0.4) is 0 Å². The average Bonchev–Trinajstić information content (AvgIpc) is 2.49. The number of rotatable bonds is 8. The lowest BCUT2D eigenvalue weighted by Gasteiger charge is -2.16. The zero-order valence-corrected chi connectivity index (χ0v) is 14.2. The number of nitrogens with one attached hydrogen (secondary N) is 2. The molecule has 1 rings (SSSR count). The van der Waals surface area contributed by atoms with Crippen LogP contribution in [0.4, 0.5) is 0 Å². The van der Waals surface area contributed by atoms with E-state index in [0.717, 1.165) is 19.3 Å². The summed E-state index contributed by atoms with van der Waals surface area (Å²) >= 11 is 0. The van der Waals surface area contributed by atoms with Gasteiger partial charge >= 0.3 is 0 Å².